The molecule has 0 unspecified atom stereocenters. The predicted molar refractivity (Wildman–Crippen MR) is 162 cm³/mol. The first-order valence-electron chi connectivity index (χ1n) is 14.2. The van der Waals surface area contributed by atoms with Gasteiger partial charge in [0.25, 0.3) is 5.91 Å². The minimum Gasteiger partial charge on any atom is -0.494 e. The molecule has 2 aromatic carbocycles. The molecule has 2 aromatic rings. The van der Waals surface area contributed by atoms with E-state index in [4.69, 9.17) is 21.7 Å². The Bertz CT molecular complexity index is 1210. The van der Waals surface area contributed by atoms with E-state index in [1.807, 2.05) is 11.8 Å². The van der Waals surface area contributed by atoms with Gasteiger partial charge >= 0.3 is 5.97 Å². The summed E-state index contributed by atoms with van der Waals surface area (Å²) in [7, 11) is 2.13. The van der Waals surface area contributed by atoms with Crippen LogP contribution in [0.2, 0.25) is 0 Å². The second-order valence-electron chi connectivity index (χ2n) is 10.1. The lowest BCUT2D eigenvalue weighted by Crippen LogP contribution is -2.45. The highest BCUT2D eigenvalue weighted by molar-refractivity contribution is 7.80. The zero-order chi connectivity index (χ0) is 29.4. The summed E-state index contributed by atoms with van der Waals surface area (Å²) < 4.78 is 10.5. The number of amides is 2. The van der Waals surface area contributed by atoms with E-state index in [1.165, 1.54) is 4.90 Å². The van der Waals surface area contributed by atoms with Gasteiger partial charge in [-0.25, -0.2) is 4.79 Å². The standard InChI is InChI=1S/C30H39N5O5S/c1-4-39-25-13-9-23(10-14-25)31-27(36)21-26-28(37)35(24-11-7-22(8-12-24)29(38)40-5-2)30(41)34(26)16-6-15-33-19-17-32(3)18-20-33/h7-14,26H,4-6,15-21H2,1-3H3,(H,31,36)/t26-/m0/s1. The summed E-state index contributed by atoms with van der Waals surface area (Å²) in [5, 5.41) is 3.25. The summed E-state index contributed by atoms with van der Waals surface area (Å²) in [6.07, 6.45) is 0.766. The Morgan fingerprint density at radius 1 is 0.951 bits per heavy atom. The number of hydrogen-bond acceptors (Lipinski definition) is 8. The molecule has 1 N–H and O–H groups in total. The first-order chi connectivity index (χ1) is 19.8. The highest BCUT2D eigenvalue weighted by Crippen LogP contribution is 2.28. The van der Waals surface area contributed by atoms with Gasteiger partial charge < -0.3 is 29.5 Å². The fraction of sp³-hybridized carbons (Fsp3) is 0.467. The minimum absolute atomic E-state index is 0.0435. The summed E-state index contributed by atoms with van der Waals surface area (Å²) in [5.74, 6) is -0.249. The smallest absolute Gasteiger partial charge is 0.338 e. The van der Waals surface area contributed by atoms with Crippen LogP contribution in [0.4, 0.5) is 11.4 Å². The quantitative estimate of drug-likeness (QED) is 0.300. The maximum Gasteiger partial charge on any atom is 0.338 e. The first kappa shape index (κ1) is 30.4. The topological polar surface area (TPSA) is 94.7 Å². The van der Waals surface area contributed by atoms with Crippen LogP contribution in [0.15, 0.2) is 48.5 Å². The van der Waals surface area contributed by atoms with Crippen LogP contribution in [0.5, 0.6) is 5.75 Å². The van der Waals surface area contributed by atoms with Crippen molar-refractivity contribution in [1.29, 1.82) is 0 Å². The third kappa shape index (κ3) is 7.81. The summed E-state index contributed by atoms with van der Waals surface area (Å²) in [5.41, 5.74) is 1.56. The molecule has 2 aliphatic rings. The molecule has 0 saturated carbocycles. The Morgan fingerprint density at radius 3 is 2.27 bits per heavy atom. The van der Waals surface area contributed by atoms with Crippen molar-refractivity contribution >= 4 is 46.5 Å². The molecule has 2 fully saturated rings. The minimum atomic E-state index is -0.734. The van der Waals surface area contributed by atoms with Gasteiger partial charge in [-0.2, -0.15) is 0 Å². The summed E-state index contributed by atoms with van der Waals surface area (Å²) >= 11 is 5.80. The van der Waals surface area contributed by atoms with Gasteiger partial charge in [0.1, 0.15) is 11.8 Å². The second-order valence-corrected chi connectivity index (χ2v) is 10.5. The van der Waals surface area contributed by atoms with E-state index in [0.29, 0.717) is 35.2 Å². The van der Waals surface area contributed by atoms with Gasteiger partial charge in [0.2, 0.25) is 5.91 Å². The van der Waals surface area contributed by atoms with Crippen LogP contribution in [0.1, 0.15) is 37.0 Å². The molecule has 0 aliphatic carbocycles. The molecule has 0 radical (unpaired) electrons. The highest BCUT2D eigenvalue weighted by atomic mass is 32.1. The predicted octanol–water partition coefficient (Wildman–Crippen LogP) is 3.23. The number of esters is 1. The number of nitrogens with zero attached hydrogens (tertiary/aromatic N) is 4. The third-order valence-electron chi connectivity index (χ3n) is 7.25. The van der Waals surface area contributed by atoms with Gasteiger partial charge in [-0.1, -0.05) is 0 Å². The van der Waals surface area contributed by atoms with Gasteiger partial charge in [0.15, 0.2) is 5.11 Å². The van der Waals surface area contributed by atoms with Crippen molar-refractivity contribution in [3.63, 3.8) is 0 Å². The lowest BCUT2D eigenvalue weighted by Gasteiger charge is -2.33. The third-order valence-corrected chi connectivity index (χ3v) is 7.67. The fourth-order valence-corrected chi connectivity index (χ4v) is 5.42. The van der Waals surface area contributed by atoms with Gasteiger partial charge in [0, 0.05) is 38.4 Å². The molecular weight excluding hydrogens is 542 g/mol. The molecule has 1 atom stereocenters. The lowest BCUT2D eigenvalue weighted by atomic mass is 10.1. The second kappa shape index (κ2) is 14.4. The number of thiocarbonyl (C=S) groups is 1. The fourth-order valence-electron chi connectivity index (χ4n) is 5.01. The van der Waals surface area contributed by atoms with E-state index in [1.54, 1.807) is 55.5 Å². The van der Waals surface area contributed by atoms with Crippen molar-refractivity contribution in [2.75, 3.05) is 69.7 Å². The van der Waals surface area contributed by atoms with E-state index in [9.17, 15) is 14.4 Å². The number of benzene rings is 2. The van der Waals surface area contributed by atoms with Crippen molar-refractivity contribution in [2.24, 2.45) is 0 Å². The van der Waals surface area contributed by atoms with Crippen molar-refractivity contribution in [3.8, 4) is 5.75 Å². The van der Waals surface area contributed by atoms with Gasteiger partial charge in [-0.15, -0.1) is 0 Å². The Kier molecular flexibility index (Phi) is 10.7. The number of carbonyl (C=O) groups excluding carboxylic acids is 3. The van der Waals surface area contributed by atoms with Crippen LogP contribution >= 0.6 is 12.2 Å². The molecular formula is C30H39N5O5S. The molecule has 0 aromatic heterocycles. The molecule has 10 nitrogen and oxygen atoms in total. The van der Waals surface area contributed by atoms with Crippen molar-refractivity contribution in [3.05, 3.63) is 54.1 Å². The summed E-state index contributed by atoms with van der Waals surface area (Å²) in [6.45, 7) is 10.0. The number of hydrogen-bond donors (Lipinski definition) is 1. The molecule has 0 spiro atoms. The van der Waals surface area contributed by atoms with E-state index >= 15 is 0 Å². The average Bonchev–Trinajstić information content (AvgIpc) is 3.19. The van der Waals surface area contributed by atoms with Gasteiger partial charge in [-0.05, 0) is 94.6 Å². The molecule has 41 heavy (non-hydrogen) atoms. The van der Waals surface area contributed by atoms with E-state index in [0.717, 1.165) is 44.9 Å². The Hall–Kier alpha value is -3.54. The summed E-state index contributed by atoms with van der Waals surface area (Å²) in [6, 6.07) is 13.0. The number of ether oxygens (including phenoxy) is 2. The van der Waals surface area contributed by atoms with Gasteiger partial charge in [0.05, 0.1) is 30.9 Å². The maximum absolute atomic E-state index is 13.7. The number of carbonyl (C=O) groups is 3. The van der Waals surface area contributed by atoms with E-state index in [-0.39, 0.29) is 24.8 Å². The Balaban J connectivity index is 1.47. The monoisotopic (exact) mass is 581 g/mol. The molecule has 2 aliphatic heterocycles. The molecule has 2 heterocycles. The average molecular weight is 582 g/mol. The lowest BCUT2D eigenvalue weighted by molar-refractivity contribution is -0.124. The SMILES string of the molecule is CCOC(=O)c1ccc(N2C(=O)[C@H](CC(=O)Nc3ccc(OCC)cc3)N(CCCN3CCN(C)CC3)C2=S)cc1. The number of anilines is 2. The van der Waals surface area contributed by atoms with Crippen LogP contribution in [0.25, 0.3) is 0 Å². The van der Waals surface area contributed by atoms with Crippen LogP contribution in [-0.4, -0.2) is 103 Å². The first-order valence-corrected chi connectivity index (χ1v) is 14.6. The van der Waals surface area contributed by atoms with Crippen molar-refractivity contribution in [2.45, 2.75) is 32.7 Å². The highest BCUT2D eigenvalue weighted by Gasteiger charge is 2.44. The van der Waals surface area contributed by atoms with Crippen LogP contribution in [-0.2, 0) is 14.3 Å². The Labute approximate surface area is 247 Å². The normalized spacial score (nSPS) is 18.1. The molecule has 2 amide bonds. The molecule has 220 valence electrons. The van der Waals surface area contributed by atoms with Crippen LogP contribution in [0, 0.1) is 0 Å². The number of piperazine rings is 1. The summed E-state index contributed by atoms with van der Waals surface area (Å²) in [4.78, 5) is 47.0. The van der Waals surface area contributed by atoms with Crippen LogP contribution < -0.4 is 15.0 Å². The molecule has 11 heteroatoms. The number of nitrogens with one attached hydrogen (secondary N) is 1. The van der Waals surface area contributed by atoms with Crippen molar-refractivity contribution in [1.82, 2.24) is 14.7 Å². The maximum atomic E-state index is 13.7. The molecule has 0 bridgehead atoms. The zero-order valence-electron chi connectivity index (χ0n) is 24.0. The molecule has 2 saturated heterocycles. The van der Waals surface area contributed by atoms with Gasteiger partial charge in [-0.3, -0.25) is 14.5 Å². The number of rotatable bonds is 12. The van der Waals surface area contributed by atoms with Crippen LogP contribution in [0.3, 0.4) is 0 Å². The largest absolute Gasteiger partial charge is 0.494 e. The van der Waals surface area contributed by atoms with E-state index in [2.05, 4.69) is 22.2 Å². The molecule has 4 rings (SSSR count). The Morgan fingerprint density at radius 2 is 1.63 bits per heavy atom. The van der Waals surface area contributed by atoms with Crippen molar-refractivity contribution < 1.29 is 23.9 Å². The number of likely N-dealkylation sites (N-methyl/N-ethyl adjacent to an activating group) is 1. The van der Waals surface area contributed by atoms with E-state index < -0.39 is 12.0 Å². The zero-order valence-corrected chi connectivity index (χ0v) is 24.8.